The number of benzene rings is 1. The van der Waals surface area contributed by atoms with Crippen LogP contribution in [0.1, 0.15) is 26.7 Å². The summed E-state index contributed by atoms with van der Waals surface area (Å²) in [5, 5.41) is 3.13. The Balaban J connectivity index is 0.00000312. The van der Waals surface area contributed by atoms with Gasteiger partial charge in [-0.15, -0.1) is 24.0 Å². The largest absolute Gasteiger partial charge is 0.490 e. The minimum Gasteiger partial charge on any atom is -0.490 e. The van der Waals surface area contributed by atoms with Crippen LogP contribution < -0.4 is 20.5 Å². The van der Waals surface area contributed by atoms with E-state index in [9.17, 15) is 0 Å². The fourth-order valence-corrected chi connectivity index (χ4v) is 2.62. The number of fused-ring (bicyclic) bond motifs is 1. The zero-order valence-electron chi connectivity index (χ0n) is 15.6. The summed E-state index contributed by atoms with van der Waals surface area (Å²) in [6.45, 7) is 6.47. The molecule has 142 valence electrons. The lowest BCUT2D eigenvalue weighted by Gasteiger charge is -2.24. The molecular weight excluding hydrogens is 431 g/mol. The molecule has 7 heteroatoms. The molecule has 0 aliphatic carbocycles. The van der Waals surface area contributed by atoms with Crippen molar-refractivity contribution in [1.82, 2.24) is 4.90 Å². The number of nitrogens with one attached hydrogen (secondary N) is 1. The summed E-state index contributed by atoms with van der Waals surface area (Å²) in [7, 11) is 4.16. The number of hydrogen-bond donors (Lipinski definition) is 2. The van der Waals surface area contributed by atoms with Crippen LogP contribution in [0.5, 0.6) is 11.5 Å². The van der Waals surface area contributed by atoms with Crippen molar-refractivity contribution in [3.8, 4) is 11.5 Å². The highest BCUT2D eigenvalue weighted by atomic mass is 127. The number of hydrogen-bond acceptors (Lipinski definition) is 4. The molecule has 1 aliphatic rings. The molecule has 0 fully saturated rings. The van der Waals surface area contributed by atoms with Gasteiger partial charge in [0.25, 0.3) is 0 Å². The van der Waals surface area contributed by atoms with E-state index in [2.05, 4.69) is 43.2 Å². The van der Waals surface area contributed by atoms with E-state index in [1.165, 1.54) is 0 Å². The average Bonchev–Trinajstić information content (AvgIpc) is 2.75. The van der Waals surface area contributed by atoms with Crippen molar-refractivity contribution in [3.63, 3.8) is 0 Å². The molecule has 0 aromatic heterocycles. The van der Waals surface area contributed by atoms with E-state index in [0.717, 1.165) is 30.0 Å². The maximum atomic E-state index is 6.04. The summed E-state index contributed by atoms with van der Waals surface area (Å²) in [5.74, 6) is 2.57. The van der Waals surface area contributed by atoms with E-state index in [-0.39, 0.29) is 24.0 Å². The highest BCUT2D eigenvalue weighted by Crippen LogP contribution is 2.32. The van der Waals surface area contributed by atoms with E-state index in [4.69, 9.17) is 15.2 Å². The highest BCUT2D eigenvalue weighted by molar-refractivity contribution is 14.0. The van der Waals surface area contributed by atoms with Gasteiger partial charge < -0.3 is 25.4 Å². The number of halogens is 1. The molecule has 6 nitrogen and oxygen atoms in total. The van der Waals surface area contributed by atoms with Gasteiger partial charge in [0, 0.05) is 24.2 Å². The Kier molecular flexibility index (Phi) is 9.34. The second kappa shape index (κ2) is 10.7. The van der Waals surface area contributed by atoms with E-state index in [0.29, 0.717) is 37.7 Å². The number of nitrogens with zero attached hydrogens (tertiary/aromatic N) is 2. The minimum absolute atomic E-state index is 0. The summed E-state index contributed by atoms with van der Waals surface area (Å²) in [5.41, 5.74) is 6.89. The molecule has 0 bridgehead atoms. The second-order valence-corrected chi connectivity index (χ2v) is 6.81. The normalized spacial score (nSPS) is 15.5. The fraction of sp³-hybridized carbons (Fsp3) is 0.611. The summed E-state index contributed by atoms with van der Waals surface area (Å²) < 4.78 is 11.3. The highest BCUT2D eigenvalue weighted by Gasteiger charge is 2.13. The van der Waals surface area contributed by atoms with Gasteiger partial charge in [0.15, 0.2) is 17.5 Å². The van der Waals surface area contributed by atoms with E-state index in [1.807, 2.05) is 18.2 Å². The van der Waals surface area contributed by atoms with Crippen molar-refractivity contribution in [2.75, 3.05) is 39.2 Å². The zero-order valence-corrected chi connectivity index (χ0v) is 17.9. The molecule has 1 heterocycles. The van der Waals surface area contributed by atoms with Gasteiger partial charge in [-0.25, -0.2) is 0 Å². The maximum Gasteiger partial charge on any atom is 0.193 e. The molecule has 0 spiro atoms. The van der Waals surface area contributed by atoms with Gasteiger partial charge in [-0.2, -0.15) is 0 Å². The molecule has 1 aromatic carbocycles. The van der Waals surface area contributed by atoms with Crippen LogP contribution in [-0.2, 0) is 0 Å². The van der Waals surface area contributed by atoms with Crippen molar-refractivity contribution in [3.05, 3.63) is 18.2 Å². The van der Waals surface area contributed by atoms with Gasteiger partial charge in [-0.05, 0) is 38.6 Å². The zero-order chi connectivity index (χ0) is 17.5. The second-order valence-electron chi connectivity index (χ2n) is 6.81. The Labute approximate surface area is 168 Å². The third kappa shape index (κ3) is 7.27. The lowest BCUT2D eigenvalue weighted by molar-refractivity contribution is 0.261. The molecule has 0 saturated carbocycles. The number of likely N-dealkylation sites (N-methyl/N-ethyl adjacent to an activating group) is 1. The number of aliphatic imine (C=N–C) groups is 1. The summed E-state index contributed by atoms with van der Waals surface area (Å²) in [6.07, 6.45) is 1.98. The van der Waals surface area contributed by atoms with Crippen LogP contribution in [0.3, 0.4) is 0 Å². The first kappa shape index (κ1) is 21.8. The molecule has 25 heavy (non-hydrogen) atoms. The summed E-state index contributed by atoms with van der Waals surface area (Å²) in [4.78, 5) is 6.69. The molecular formula is C18H31IN4O2. The summed E-state index contributed by atoms with van der Waals surface area (Å²) in [6, 6.07) is 6.11. The Bertz CT molecular complexity index is 564. The van der Waals surface area contributed by atoms with Crippen LogP contribution in [-0.4, -0.2) is 50.8 Å². The average molecular weight is 462 g/mol. The van der Waals surface area contributed by atoms with Crippen molar-refractivity contribution in [1.29, 1.82) is 0 Å². The van der Waals surface area contributed by atoms with Gasteiger partial charge in [0.1, 0.15) is 0 Å². The number of rotatable bonds is 6. The van der Waals surface area contributed by atoms with Crippen LogP contribution in [0.15, 0.2) is 23.2 Å². The molecule has 3 N–H and O–H groups in total. The Morgan fingerprint density at radius 1 is 1.24 bits per heavy atom. The van der Waals surface area contributed by atoms with Gasteiger partial charge in [0.05, 0.1) is 19.8 Å². The lowest BCUT2D eigenvalue weighted by atomic mass is 10.0. The van der Waals surface area contributed by atoms with Gasteiger partial charge in [-0.3, -0.25) is 4.99 Å². The summed E-state index contributed by atoms with van der Waals surface area (Å²) >= 11 is 0. The Hall–Kier alpha value is -1.22. The molecule has 0 saturated heterocycles. The van der Waals surface area contributed by atoms with E-state index >= 15 is 0 Å². The Morgan fingerprint density at radius 2 is 1.92 bits per heavy atom. The third-order valence-electron chi connectivity index (χ3n) is 3.97. The van der Waals surface area contributed by atoms with Crippen LogP contribution in [0.2, 0.25) is 0 Å². The topological polar surface area (TPSA) is 72.1 Å². The van der Waals surface area contributed by atoms with Crippen molar-refractivity contribution >= 4 is 35.6 Å². The smallest absolute Gasteiger partial charge is 0.193 e. The number of guanidine groups is 1. The van der Waals surface area contributed by atoms with Crippen LogP contribution in [0, 0.1) is 5.92 Å². The number of anilines is 1. The van der Waals surface area contributed by atoms with Crippen molar-refractivity contribution < 1.29 is 9.47 Å². The first-order valence-electron chi connectivity index (χ1n) is 8.58. The molecule has 1 unspecified atom stereocenters. The number of ether oxygens (including phenoxy) is 2. The molecule has 1 aromatic rings. The first-order chi connectivity index (χ1) is 11.5. The number of nitrogens with two attached hydrogens (primary N) is 1. The predicted octanol–water partition coefficient (Wildman–Crippen LogP) is 3.17. The van der Waals surface area contributed by atoms with Gasteiger partial charge in [-0.1, -0.05) is 13.8 Å². The maximum absolute atomic E-state index is 6.04. The predicted molar refractivity (Wildman–Crippen MR) is 115 cm³/mol. The van der Waals surface area contributed by atoms with Crippen LogP contribution in [0.4, 0.5) is 5.69 Å². The standard InChI is InChI=1S/C18H30N4O2.HI/c1-13(2)10-15(22(3)4)12-20-18(19)21-14-6-7-16-17(11-14)24-9-5-8-23-16;/h6-7,11,13,15H,5,8-10,12H2,1-4H3,(H3,19,20,21);1H. The quantitative estimate of drug-likeness (QED) is 0.386. The molecule has 1 aliphatic heterocycles. The first-order valence-corrected chi connectivity index (χ1v) is 8.58. The van der Waals surface area contributed by atoms with Gasteiger partial charge in [0.2, 0.25) is 0 Å². The van der Waals surface area contributed by atoms with E-state index < -0.39 is 0 Å². The fourth-order valence-electron chi connectivity index (χ4n) is 2.62. The van der Waals surface area contributed by atoms with E-state index in [1.54, 1.807) is 0 Å². The molecule has 2 rings (SSSR count). The molecule has 0 amide bonds. The van der Waals surface area contributed by atoms with Gasteiger partial charge >= 0.3 is 0 Å². The Morgan fingerprint density at radius 3 is 2.56 bits per heavy atom. The molecule has 0 radical (unpaired) electrons. The third-order valence-corrected chi connectivity index (χ3v) is 3.97. The van der Waals surface area contributed by atoms with Crippen LogP contribution >= 0.6 is 24.0 Å². The SMILES string of the molecule is CC(C)CC(CN=C(N)Nc1ccc2c(c1)OCCCO2)N(C)C.I. The minimum atomic E-state index is 0. The lowest BCUT2D eigenvalue weighted by Crippen LogP contribution is -2.34. The van der Waals surface area contributed by atoms with Crippen LogP contribution in [0.25, 0.3) is 0 Å². The van der Waals surface area contributed by atoms with Crippen molar-refractivity contribution in [2.45, 2.75) is 32.7 Å². The van der Waals surface area contributed by atoms with Crippen molar-refractivity contribution in [2.24, 2.45) is 16.6 Å². The molecule has 1 atom stereocenters. The monoisotopic (exact) mass is 462 g/mol.